The molecule has 2 aromatic carbocycles. The van der Waals surface area contributed by atoms with E-state index in [1.54, 1.807) is 18.2 Å². The van der Waals surface area contributed by atoms with Crippen LogP contribution < -0.4 is 0 Å². The van der Waals surface area contributed by atoms with Gasteiger partial charge in [0.2, 0.25) is 0 Å². The molecular formula is C24H28F3NO. The van der Waals surface area contributed by atoms with Crippen LogP contribution in [0.15, 0.2) is 35.5 Å². The smallest absolute Gasteiger partial charge is 0.166 e. The van der Waals surface area contributed by atoms with Crippen LogP contribution >= 0.6 is 0 Å². The summed E-state index contributed by atoms with van der Waals surface area (Å²) in [4.78, 5) is 10.7. The van der Waals surface area contributed by atoms with Crippen molar-refractivity contribution in [2.24, 2.45) is 5.18 Å². The molecule has 0 N–H and O–H groups in total. The highest BCUT2D eigenvalue weighted by atomic mass is 19.4. The standard InChI is InChI=1S/C24H28F3NO/c1-6-16-8-7-15(14-28-29)11-17(16)18-12-20-21(13-19(18)24(25,26)27)23(4,5)10-9-22(20,2)3/h7-8,11-13H,6,9-10,14H2,1-5H3. The SMILES string of the molecule is CCc1ccc(CN=O)cc1-c1cc2c(cc1C(F)(F)F)C(C)(C)CCC2(C)C. The Balaban J connectivity index is 2.38. The number of alkyl halides is 3. The summed E-state index contributed by atoms with van der Waals surface area (Å²) in [7, 11) is 0. The minimum Gasteiger partial charge on any atom is -0.166 e. The van der Waals surface area contributed by atoms with Crippen molar-refractivity contribution in [3.8, 4) is 11.1 Å². The van der Waals surface area contributed by atoms with Crippen LogP contribution in [0.25, 0.3) is 11.1 Å². The van der Waals surface area contributed by atoms with Gasteiger partial charge < -0.3 is 0 Å². The summed E-state index contributed by atoms with van der Waals surface area (Å²) in [5.41, 5.74) is 2.86. The maximum atomic E-state index is 14.2. The first-order chi connectivity index (χ1) is 13.4. The van der Waals surface area contributed by atoms with E-state index in [0.29, 0.717) is 17.5 Å². The average molecular weight is 403 g/mol. The van der Waals surface area contributed by atoms with Gasteiger partial charge in [-0.1, -0.05) is 51.9 Å². The van der Waals surface area contributed by atoms with Crippen molar-refractivity contribution in [2.75, 3.05) is 0 Å². The molecular weight excluding hydrogens is 375 g/mol. The molecule has 0 saturated heterocycles. The fourth-order valence-corrected chi connectivity index (χ4v) is 4.43. The van der Waals surface area contributed by atoms with Crippen molar-refractivity contribution in [3.05, 3.63) is 63.1 Å². The van der Waals surface area contributed by atoms with Crippen LogP contribution in [0.4, 0.5) is 13.2 Å². The van der Waals surface area contributed by atoms with Crippen molar-refractivity contribution < 1.29 is 13.2 Å². The van der Waals surface area contributed by atoms with Gasteiger partial charge in [-0.25, -0.2) is 0 Å². The Bertz CT molecular complexity index is 942. The molecule has 0 radical (unpaired) electrons. The van der Waals surface area contributed by atoms with Crippen molar-refractivity contribution >= 4 is 0 Å². The van der Waals surface area contributed by atoms with Gasteiger partial charge in [-0.2, -0.15) is 18.1 Å². The second-order valence-corrected chi connectivity index (χ2v) is 9.34. The zero-order chi connectivity index (χ0) is 21.6. The van der Waals surface area contributed by atoms with Gasteiger partial charge in [-0.05, 0) is 81.7 Å². The maximum absolute atomic E-state index is 14.2. The van der Waals surface area contributed by atoms with Crippen LogP contribution in [0, 0.1) is 4.91 Å². The normalized spacial score (nSPS) is 17.7. The van der Waals surface area contributed by atoms with Gasteiger partial charge >= 0.3 is 6.18 Å². The molecule has 0 unspecified atom stereocenters. The summed E-state index contributed by atoms with van der Waals surface area (Å²) in [5, 5.41) is 2.91. The van der Waals surface area contributed by atoms with Crippen LogP contribution in [0.3, 0.4) is 0 Å². The molecule has 0 bridgehead atoms. The van der Waals surface area contributed by atoms with E-state index in [1.165, 1.54) is 6.07 Å². The van der Waals surface area contributed by atoms with Crippen molar-refractivity contribution in [1.29, 1.82) is 0 Å². The van der Waals surface area contributed by atoms with E-state index in [0.717, 1.165) is 29.5 Å². The second kappa shape index (κ2) is 7.26. The van der Waals surface area contributed by atoms with E-state index in [2.05, 4.69) is 19.0 Å². The summed E-state index contributed by atoms with van der Waals surface area (Å²) in [6, 6.07) is 8.40. The highest BCUT2D eigenvalue weighted by molar-refractivity contribution is 5.74. The van der Waals surface area contributed by atoms with Gasteiger partial charge in [0.25, 0.3) is 0 Å². The zero-order valence-corrected chi connectivity index (χ0v) is 17.7. The first-order valence-electron chi connectivity index (χ1n) is 10.1. The van der Waals surface area contributed by atoms with Crippen molar-refractivity contribution in [2.45, 2.75) is 77.4 Å². The fraction of sp³-hybridized carbons (Fsp3) is 0.500. The molecule has 2 aromatic rings. The van der Waals surface area contributed by atoms with Crippen LogP contribution in [-0.2, 0) is 30.0 Å². The Morgan fingerprint density at radius 2 is 1.52 bits per heavy atom. The predicted molar refractivity (Wildman–Crippen MR) is 111 cm³/mol. The van der Waals surface area contributed by atoms with E-state index in [1.807, 2.05) is 26.8 Å². The van der Waals surface area contributed by atoms with E-state index in [4.69, 9.17) is 0 Å². The lowest BCUT2D eigenvalue weighted by atomic mass is 9.62. The quantitative estimate of drug-likeness (QED) is 0.485. The Morgan fingerprint density at radius 1 is 0.931 bits per heavy atom. The molecule has 0 saturated carbocycles. The number of rotatable bonds is 4. The number of benzene rings is 2. The number of hydrogen-bond donors (Lipinski definition) is 0. The summed E-state index contributed by atoms with van der Waals surface area (Å²) >= 11 is 0. The summed E-state index contributed by atoms with van der Waals surface area (Å²) < 4.78 is 42.5. The van der Waals surface area contributed by atoms with Crippen LogP contribution in [-0.4, -0.2) is 0 Å². The third-order valence-corrected chi connectivity index (χ3v) is 6.39. The molecule has 0 fully saturated rings. The third kappa shape index (κ3) is 3.96. The molecule has 156 valence electrons. The lowest BCUT2D eigenvalue weighted by molar-refractivity contribution is -0.137. The molecule has 0 atom stereocenters. The molecule has 0 amide bonds. The molecule has 0 aliphatic heterocycles. The van der Waals surface area contributed by atoms with E-state index < -0.39 is 11.7 Å². The zero-order valence-electron chi connectivity index (χ0n) is 17.7. The first-order valence-corrected chi connectivity index (χ1v) is 10.1. The Labute approximate surface area is 170 Å². The molecule has 0 aromatic heterocycles. The average Bonchev–Trinajstić information content (AvgIpc) is 2.64. The largest absolute Gasteiger partial charge is 0.417 e. The van der Waals surface area contributed by atoms with Crippen molar-refractivity contribution in [3.63, 3.8) is 0 Å². The van der Waals surface area contributed by atoms with Gasteiger partial charge in [-0.15, -0.1) is 0 Å². The summed E-state index contributed by atoms with van der Waals surface area (Å²) in [5.74, 6) is 0. The highest BCUT2D eigenvalue weighted by Crippen LogP contribution is 2.50. The maximum Gasteiger partial charge on any atom is 0.417 e. The van der Waals surface area contributed by atoms with E-state index >= 15 is 0 Å². The Hall–Kier alpha value is -2.17. The number of halogens is 3. The second-order valence-electron chi connectivity index (χ2n) is 9.34. The fourth-order valence-electron chi connectivity index (χ4n) is 4.43. The summed E-state index contributed by atoms with van der Waals surface area (Å²) in [6.45, 7) is 10.1. The molecule has 5 heteroatoms. The lowest BCUT2D eigenvalue weighted by Gasteiger charge is -2.42. The van der Waals surface area contributed by atoms with E-state index in [-0.39, 0.29) is 22.9 Å². The molecule has 29 heavy (non-hydrogen) atoms. The number of hydrogen-bond acceptors (Lipinski definition) is 2. The summed E-state index contributed by atoms with van der Waals surface area (Å²) in [6.07, 6.45) is -2.09. The minimum atomic E-state index is -4.47. The number of nitrogens with zero attached hydrogens (tertiary/aromatic N) is 1. The van der Waals surface area contributed by atoms with Gasteiger partial charge in [0.05, 0.1) is 5.56 Å². The predicted octanol–water partition coefficient (Wildman–Crippen LogP) is 7.55. The molecule has 1 aliphatic carbocycles. The van der Waals surface area contributed by atoms with Gasteiger partial charge in [0.15, 0.2) is 0 Å². The molecule has 2 nitrogen and oxygen atoms in total. The highest BCUT2D eigenvalue weighted by Gasteiger charge is 2.42. The number of nitroso groups, excluding NO2 is 1. The number of aryl methyl sites for hydroxylation is 1. The van der Waals surface area contributed by atoms with Gasteiger partial charge in [0, 0.05) is 0 Å². The first kappa shape index (κ1) is 21.5. The molecule has 0 spiro atoms. The van der Waals surface area contributed by atoms with Gasteiger partial charge in [-0.3, -0.25) is 0 Å². The monoisotopic (exact) mass is 403 g/mol. The topological polar surface area (TPSA) is 29.4 Å². The molecule has 3 rings (SSSR count). The van der Waals surface area contributed by atoms with E-state index in [9.17, 15) is 18.1 Å². The molecule has 0 heterocycles. The lowest BCUT2D eigenvalue weighted by Crippen LogP contribution is -2.34. The number of fused-ring (bicyclic) bond motifs is 1. The van der Waals surface area contributed by atoms with Crippen LogP contribution in [0.5, 0.6) is 0 Å². The Morgan fingerprint density at radius 3 is 2.03 bits per heavy atom. The Kier molecular flexibility index (Phi) is 5.39. The van der Waals surface area contributed by atoms with Crippen LogP contribution in [0.1, 0.15) is 75.3 Å². The third-order valence-electron chi connectivity index (χ3n) is 6.39. The molecule has 1 aliphatic rings. The minimum absolute atomic E-state index is 0.0538. The van der Waals surface area contributed by atoms with Crippen molar-refractivity contribution in [1.82, 2.24) is 0 Å². The van der Waals surface area contributed by atoms with Crippen LogP contribution in [0.2, 0.25) is 0 Å². The van der Waals surface area contributed by atoms with Gasteiger partial charge in [0.1, 0.15) is 6.54 Å².